The highest BCUT2D eigenvalue weighted by Crippen LogP contribution is 2.40. The average molecular weight is 338 g/mol. The van der Waals surface area contributed by atoms with E-state index in [-0.39, 0.29) is 0 Å². The van der Waals surface area contributed by atoms with Crippen LogP contribution in [0, 0.1) is 11.8 Å². The SMILES string of the molecule is Cn1nccc1CCN1CC2CN(c3cc(C4CC4)ncn3)CC2C1. The zero-order valence-electron chi connectivity index (χ0n) is 14.9. The molecule has 0 bridgehead atoms. The second kappa shape index (κ2) is 6.09. The van der Waals surface area contributed by atoms with Gasteiger partial charge in [-0.15, -0.1) is 0 Å². The highest BCUT2D eigenvalue weighted by Gasteiger charge is 2.40. The summed E-state index contributed by atoms with van der Waals surface area (Å²) in [7, 11) is 2.03. The first-order chi connectivity index (χ1) is 12.3. The lowest BCUT2D eigenvalue weighted by Gasteiger charge is -2.22. The number of fused-ring (bicyclic) bond motifs is 1. The van der Waals surface area contributed by atoms with E-state index < -0.39 is 0 Å². The zero-order chi connectivity index (χ0) is 16.8. The zero-order valence-corrected chi connectivity index (χ0v) is 14.9. The Hall–Kier alpha value is -1.95. The molecule has 3 aliphatic rings. The summed E-state index contributed by atoms with van der Waals surface area (Å²) in [6, 6.07) is 4.37. The molecular formula is C19H26N6. The number of hydrogen-bond acceptors (Lipinski definition) is 5. The number of likely N-dealkylation sites (tertiary alicyclic amines) is 1. The Kier molecular flexibility index (Phi) is 3.73. The number of aromatic nitrogens is 4. The monoisotopic (exact) mass is 338 g/mol. The molecular weight excluding hydrogens is 312 g/mol. The summed E-state index contributed by atoms with van der Waals surface area (Å²) in [6.07, 6.45) is 7.35. The third kappa shape index (κ3) is 3.03. The van der Waals surface area contributed by atoms with Gasteiger partial charge in [0.15, 0.2) is 0 Å². The largest absolute Gasteiger partial charge is 0.356 e. The van der Waals surface area contributed by atoms with Crippen LogP contribution in [0.2, 0.25) is 0 Å². The lowest BCUT2D eigenvalue weighted by Crippen LogP contribution is -2.30. The van der Waals surface area contributed by atoms with Gasteiger partial charge in [-0.3, -0.25) is 4.68 Å². The van der Waals surface area contributed by atoms with Crippen LogP contribution in [0.15, 0.2) is 24.7 Å². The molecule has 0 N–H and O–H groups in total. The van der Waals surface area contributed by atoms with Crippen LogP contribution in [0.25, 0.3) is 0 Å². The Morgan fingerprint density at radius 1 is 1.08 bits per heavy atom. The van der Waals surface area contributed by atoms with Crippen molar-refractivity contribution in [1.29, 1.82) is 0 Å². The van der Waals surface area contributed by atoms with Crippen molar-refractivity contribution in [1.82, 2.24) is 24.6 Å². The molecule has 4 heterocycles. The van der Waals surface area contributed by atoms with E-state index in [0.29, 0.717) is 5.92 Å². The molecule has 2 aliphatic heterocycles. The summed E-state index contributed by atoms with van der Waals surface area (Å²) in [5, 5.41) is 4.27. The molecule has 0 aromatic carbocycles. The molecule has 132 valence electrons. The minimum atomic E-state index is 0.700. The predicted octanol–water partition coefficient (Wildman–Crippen LogP) is 1.70. The van der Waals surface area contributed by atoms with Crippen LogP contribution >= 0.6 is 0 Å². The van der Waals surface area contributed by atoms with E-state index in [1.165, 1.54) is 37.3 Å². The molecule has 1 aliphatic carbocycles. The maximum atomic E-state index is 4.55. The van der Waals surface area contributed by atoms with E-state index >= 15 is 0 Å². The summed E-state index contributed by atoms with van der Waals surface area (Å²) < 4.78 is 1.99. The van der Waals surface area contributed by atoms with Crippen molar-refractivity contribution in [2.75, 3.05) is 37.6 Å². The van der Waals surface area contributed by atoms with Crippen LogP contribution in [0.5, 0.6) is 0 Å². The van der Waals surface area contributed by atoms with Crippen molar-refractivity contribution in [3.63, 3.8) is 0 Å². The molecule has 2 unspecified atom stereocenters. The number of nitrogens with zero attached hydrogens (tertiary/aromatic N) is 6. The van der Waals surface area contributed by atoms with Gasteiger partial charge in [-0.2, -0.15) is 5.10 Å². The van der Waals surface area contributed by atoms with E-state index in [4.69, 9.17) is 0 Å². The summed E-state index contributed by atoms with van der Waals surface area (Å²) in [5.41, 5.74) is 2.58. The molecule has 5 rings (SSSR count). The van der Waals surface area contributed by atoms with Crippen LogP contribution in [0.4, 0.5) is 5.82 Å². The fourth-order valence-electron chi connectivity index (χ4n) is 4.52. The molecule has 25 heavy (non-hydrogen) atoms. The van der Waals surface area contributed by atoms with Crippen LogP contribution in [0.1, 0.15) is 30.1 Å². The topological polar surface area (TPSA) is 50.1 Å². The second-order valence-corrected chi connectivity index (χ2v) is 7.96. The molecule has 2 saturated heterocycles. The smallest absolute Gasteiger partial charge is 0.132 e. The van der Waals surface area contributed by atoms with Crippen LogP contribution < -0.4 is 4.90 Å². The Labute approximate surface area is 148 Å². The Morgan fingerprint density at radius 3 is 2.56 bits per heavy atom. The first-order valence-corrected chi connectivity index (χ1v) is 9.52. The van der Waals surface area contributed by atoms with Crippen LogP contribution in [0.3, 0.4) is 0 Å². The van der Waals surface area contributed by atoms with E-state index in [1.807, 2.05) is 17.9 Å². The Balaban J connectivity index is 1.18. The number of hydrogen-bond donors (Lipinski definition) is 0. The van der Waals surface area contributed by atoms with Crippen LogP contribution in [-0.2, 0) is 13.5 Å². The summed E-state index contributed by atoms with van der Waals surface area (Å²) in [6.45, 7) is 5.88. The molecule has 2 aromatic heterocycles. The summed E-state index contributed by atoms with van der Waals surface area (Å²) in [4.78, 5) is 14.1. The molecule has 2 aromatic rings. The standard InChI is InChI=1S/C19H26N6/c1-23-17(4-6-22-23)5-7-24-9-15-11-25(12-16(15)10-24)19-8-18(14-2-3-14)20-13-21-19/h4,6,8,13-16H,2-3,5,7,9-12H2,1H3. The van der Waals surface area contributed by atoms with Gasteiger partial charge >= 0.3 is 0 Å². The molecule has 2 atom stereocenters. The van der Waals surface area contributed by atoms with Crippen molar-refractivity contribution >= 4 is 5.82 Å². The molecule has 3 fully saturated rings. The minimum absolute atomic E-state index is 0.700. The van der Waals surface area contributed by atoms with Gasteiger partial charge in [0.25, 0.3) is 0 Å². The fraction of sp³-hybridized carbons (Fsp3) is 0.632. The molecule has 0 radical (unpaired) electrons. The van der Waals surface area contributed by atoms with E-state index in [9.17, 15) is 0 Å². The Morgan fingerprint density at radius 2 is 1.88 bits per heavy atom. The Bertz CT molecular complexity index is 738. The lowest BCUT2D eigenvalue weighted by atomic mass is 10.0. The van der Waals surface area contributed by atoms with Crippen molar-refractivity contribution < 1.29 is 0 Å². The van der Waals surface area contributed by atoms with Crippen molar-refractivity contribution in [3.8, 4) is 0 Å². The molecule has 0 spiro atoms. The minimum Gasteiger partial charge on any atom is -0.356 e. The van der Waals surface area contributed by atoms with Gasteiger partial charge in [-0.1, -0.05) is 0 Å². The van der Waals surface area contributed by atoms with Gasteiger partial charge in [0.1, 0.15) is 12.1 Å². The van der Waals surface area contributed by atoms with Gasteiger partial charge in [0.2, 0.25) is 0 Å². The number of rotatable bonds is 5. The normalized spacial score (nSPS) is 26.4. The first-order valence-electron chi connectivity index (χ1n) is 9.52. The van der Waals surface area contributed by atoms with Gasteiger partial charge in [0.05, 0.1) is 0 Å². The molecule has 0 amide bonds. The van der Waals surface area contributed by atoms with E-state index in [0.717, 1.165) is 43.7 Å². The third-order valence-corrected chi connectivity index (χ3v) is 6.16. The number of anilines is 1. The van der Waals surface area contributed by atoms with E-state index in [2.05, 4.69) is 37.0 Å². The van der Waals surface area contributed by atoms with Gasteiger partial charge < -0.3 is 9.80 Å². The second-order valence-electron chi connectivity index (χ2n) is 7.96. The fourth-order valence-corrected chi connectivity index (χ4v) is 4.52. The van der Waals surface area contributed by atoms with Crippen LogP contribution in [-0.4, -0.2) is 57.4 Å². The molecule has 6 nitrogen and oxygen atoms in total. The van der Waals surface area contributed by atoms with Gasteiger partial charge in [-0.25, -0.2) is 9.97 Å². The van der Waals surface area contributed by atoms with Crippen molar-refractivity contribution in [2.45, 2.75) is 25.2 Å². The average Bonchev–Trinajstić information content (AvgIpc) is 3.11. The first kappa shape index (κ1) is 15.3. The van der Waals surface area contributed by atoms with Crippen molar-refractivity contribution in [3.05, 3.63) is 36.0 Å². The highest BCUT2D eigenvalue weighted by atomic mass is 15.3. The quantitative estimate of drug-likeness (QED) is 0.830. The number of aryl methyl sites for hydroxylation is 1. The predicted molar refractivity (Wildman–Crippen MR) is 96.6 cm³/mol. The van der Waals surface area contributed by atoms with E-state index in [1.54, 1.807) is 6.33 Å². The summed E-state index contributed by atoms with van der Waals surface area (Å²) in [5.74, 6) is 3.41. The molecule has 1 saturated carbocycles. The highest BCUT2D eigenvalue weighted by molar-refractivity contribution is 5.42. The summed E-state index contributed by atoms with van der Waals surface area (Å²) >= 11 is 0. The van der Waals surface area contributed by atoms with Gasteiger partial charge in [0, 0.05) is 75.8 Å². The lowest BCUT2D eigenvalue weighted by molar-refractivity contribution is 0.318. The van der Waals surface area contributed by atoms with Gasteiger partial charge in [-0.05, 0) is 30.7 Å². The van der Waals surface area contributed by atoms with Crippen molar-refractivity contribution in [2.24, 2.45) is 18.9 Å². The molecule has 6 heteroatoms. The third-order valence-electron chi connectivity index (χ3n) is 6.16. The maximum absolute atomic E-state index is 4.55. The maximum Gasteiger partial charge on any atom is 0.132 e.